The number of aryl methyl sites for hydroxylation is 1. The molecular weight excluding hydrogens is 226 g/mol. The summed E-state index contributed by atoms with van der Waals surface area (Å²) in [4.78, 5) is 16.3. The highest BCUT2D eigenvalue weighted by Crippen LogP contribution is 2.24. The van der Waals surface area contributed by atoms with Gasteiger partial charge in [0.25, 0.3) is 0 Å². The summed E-state index contributed by atoms with van der Waals surface area (Å²) in [6, 6.07) is 1.82. The van der Waals surface area contributed by atoms with Crippen molar-refractivity contribution in [2.75, 3.05) is 5.32 Å². The molecule has 1 heterocycles. The van der Waals surface area contributed by atoms with E-state index >= 15 is 0 Å². The van der Waals surface area contributed by atoms with Gasteiger partial charge in [0.05, 0.1) is 5.92 Å². The third kappa shape index (κ3) is 3.07. The normalized spacial score (nSPS) is 24.3. The van der Waals surface area contributed by atoms with E-state index in [2.05, 4.69) is 10.3 Å². The van der Waals surface area contributed by atoms with Gasteiger partial charge in [0.2, 0.25) is 5.91 Å². The van der Waals surface area contributed by atoms with Crippen molar-refractivity contribution >= 4 is 11.6 Å². The maximum absolute atomic E-state index is 12.3. The predicted molar refractivity (Wildman–Crippen MR) is 72.2 cm³/mol. The van der Waals surface area contributed by atoms with Crippen LogP contribution >= 0.6 is 0 Å². The van der Waals surface area contributed by atoms with Gasteiger partial charge in [-0.05, 0) is 31.4 Å². The molecule has 18 heavy (non-hydrogen) atoms. The zero-order valence-corrected chi connectivity index (χ0v) is 10.9. The lowest BCUT2D eigenvalue weighted by atomic mass is 9.94. The molecule has 2 unspecified atom stereocenters. The van der Waals surface area contributed by atoms with Crippen LogP contribution in [-0.2, 0) is 4.79 Å². The van der Waals surface area contributed by atoms with E-state index in [4.69, 9.17) is 5.73 Å². The molecule has 1 aromatic rings. The number of carbonyl (C=O) groups excluding carboxylic acids is 1. The first kappa shape index (κ1) is 13.0. The summed E-state index contributed by atoms with van der Waals surface area (Å²) in [5.74, 6) is -0.00114. The van der Waals surface area contributed by atoms with Gasteiger partial charge >= 0.3 is 0 Å². The SMILES string of the molecule is Cc1cnccc1NC(=O)C1CCCCCC1N. The number of nitrogens with zero attached hydrogens (tertiary/aromatic N) is 1. The van der Waals surface area contributed by atoms with Crippen molar-refractivity contribution in [2.45, 2.75) is 45.1 Å². The van der Waals surface area contributed by atoms with Crippen LogP contribution in [0.4, 0.5) is 5.69 Å². The van der Waals surface area contributed by atoms with Gasteiger partial charge in [0.1, 0.15) is 0 Å². The third-order valence-electron chi connectivity index (χ3n) is 3.68. The molecule has 98 valence electrons. The molecule has 0 bridgehead atoms. The Bertz CT molecular complexity index is 419. The van der Waals surface area contributed by atoms with Crippen LogP contribution in [0.15, 0.2) is 18.5 Å². The van der Waals surface area contributed by atoms with Crippen LogP contribution in [0.2, 0.25) is 0 Å². The summed E-state index contributed by atoms with van der Waals surface area (Å²) in [6.07, 6.45) is 8.72. The Labute approximate surface area is 108 Å². The fourth-order valence-corrected chi connectivity index (χ4v) is 2.50. The molecule has 4 heteroatoms. The average Bonchev–Trinajstić information content (AvgIpc) is 2.57. The van der Waals surface area contributed by atoms with E-state index < -0.39 is 0 Å². The summed E-state index contributed by atoms with van der Waals surface area (Å²) in [7, 11) is 0. The minimum atomic E-state index is -0.0555. The highest BCUT2D eigenvalue weighted by atomic mass is 16.1. The van der Waals surface area contributed by atoms with Crippen LogP contribution in [0.3, 0.4) is 0 Å². The van der Waals surface area contributed by atoms with Crippen molar-refractivity contribution in [3.63, 3.8) is 0 Å². The van der Waals surface area contributed by atoms with Gasteiger partial charge in [-0.25, -0.2) is 0 Å². The number of aromatic nitrogens is 1. The topological polar surface area (TPSA) is 68.0 Å². The first-order valence-electron chi connectivity index (χ1n) is 6.65. The molecule has 0 aromatic carbocycles. The molecule has 4 nitrogen and oxygen atoms in total. The van der Waals surface area contributed by atoms with Gasteiger partial charge in [0.15, 0.2) is 0 Å². The molecule has 1 aromatic heterocycles. The van der Waals surface area contributed by atoms with E-state index in [1.807, 2.05) is 13.0 Å². The number of rotatable bonds is 2. The Morgan fingerprint density at radius 3 is 2.94 bits per heavy atom. The second kappa shape index (κ2) is 5.96. The summed E-state index contributed by atoms with van der Waals surface area (Å²) in [6.45, 7) is 1.94. The van der Waals surface area contributed by atoms with Gasteiger partial charge in [-0.15, -0.1) is 0 Å². The Hall–Kier alpha value is -1.42. The summed E-state index contributed by atoms with van der Waals surface area (Å²) in [5, 5.41) is 2.98. The minimum absolute atomic E-state index is 0.00496. The molecule has 0 aliphatic heterocycles. The van der Waals surface area contributed by atoms with Crippen molar-refractivity contribution in [3.05, 3.63) is 24.0 Å². The number of anilines is 1. The molecule has 2 rings (SSSR count). The number of nitrogens with two attached hydrogens (primary N) is 1. The quantitative estimate of drug-likeness (QED) is 0.787. The number of hydrogen-bond donors (Lipinski definition) is 2. The molecule has 1 aliphatic rings. The van der Waals surface area contributed by atoms with E-state index in [0.29, 0.717) is 0 Å². The van der Waals surface area contributed by atoms with Gasteiger partial charge in [-0.3, -0.25) is 9.78 Å². The molecule has 1 fully saturated rings. The van der Waals surface area contributed by atoms with E-state index in [-0.39, 0.29) is 17.9 Å². The first-order chi connectivity index (χ1) is 8.68. The average molecular weight is 247 g/mol. The maximum atomic E-state index is 12.3. The largest absolute Gasteiger partial charge is 0.327 e. The second-order valence-corrected chi connectivity index (χ2v) is 5.09. The van der Waals surface area contributed by atoms with Crippen molar-refractivity contribution in [1.82, 2.24) is 4.98 Å². The van der Waals surface area contributed by atoms with Crippen LogP contribution in [0, 0.1) is 12.8 Å². The van der Waals surface area contributed by atoms with Crippen LogP contribution in [0.1, 0.15) is 37.7 Å². The number of hydrogen-bond acceptors (Lipinski definition) is 3. The van der Waals surface area contributed by atoms with Gasteiger partial charge in [-0.2, -0.15) is 0 Å². The Balaban J connectivity index is 2.04. The zero-order chi connectivity index (χ0) is 13.0. The fourth-order valence-electron chi connectivity index (χ4n) is 2.50. The van der Waals surface area contributed by atoms with E-state index in [1.165, 1.54) is 6.42 Å². The first-order valence-corrected chi connectivity index (χ1v) is 6.65. The van der Waals surface area contributed by atoms with E-state index in [0.717, 1.165) is 36.9 Å². The molecule has 1 saturated carbocycles. The molecule has 2 atom stereocenters. The van der Waals surface area contributed by atoms with Gasteiger partial charge in [-0.1, -0.05) is 19.3 Å². The fraction of sp³-hybridized carbons (Fsp3) is 0.571. The summed E-state index contributed by atoms with van der Waals surface area (Å²) >= 11 is 0. The monoisotopic (exact) mass is 247 g/mol. The van der Waals surface area contributed by atoms with Crippen molar-refractivity contribution < 1.29 is 4.79 Å². The van der Waals surface area contributed by atoms with Crippen LogP contribution in [0.25, 0.3) is 0 Å². The van der Waals surface area contributed by atoms with Crippen molar-refractivity contribution in [2.24, 2.45) is 11.7 Å². The standard InChI is InChI=1S/C14H21N3O/c1-10-9-16-8-7-13(10)17-14(18)11-5-3-2-4-6-12(11)15/h7-9,11-12H,2-6,15H2,1H3,(H,16,17,18). The van der Waals surface area contributed by atoms with E-state index in [9.17, 15) is 4.79 Å². The summed E-state index contributed by atoms with van der Waals surface area (Å²) < 4.78 is 0. The van der Waals surface area contributed by atoms with E-state index in [1.54, 1.807) is 12.4 Å². The molecular formula is C14H21N3O. The predicted octanol–water partition coefficient (Wildman–Crippen LogP) is 2.24. The molecule has 0 radical (unpaired) electrons. The number of pyridine rings is 1. The smallest absolute Gasteiger partial charge is 0.229 e. The van der Waals surface area contributed by atoms with Crippen molar-refractivity contribution in [3.8, 4) is 0 Å². The third-order valence-corrected chi connectivity index (χ3v) is 3.68. The lowest BCUT2D eigenvalue weighted by molar-refractivity contribution is -0.120. The molecule has 0 saturated heterocycles. The van der Waals surface area contributed by atoms with Crippen LogP contribution in [-0.4, -0.2) is 16.9 Å². The number of amides is 1. The van der Waals surface area contributed by atoms with Gasteiger partial charge in [0, 0.05) is 24.1 Å². The number of nitrogens with one attached hydrogen (secondary N) is 1. The second-order valence-electron chi connectivity index (χ2n) is 5.09. The van der Waals surface area contributed by atoms with Crippen molar-refractivity contribution in [1.29, 1.82) is 0 Å². The van der Waals surface area contributed by atoms with Crippen LogP contribution in [0.5, 0.6) is 0 Å². The lowest BCUT2D eigenvalue weighted by Gasteiger charge is -2.21. The highest BCUT2D eigenvalue weighted by Gasteiger charge is 2.27. The lowest BCUT2D eigenvalue weighted by Crippen LogP contribution is -2.37. The maximum Gasteiger partial charge on any atom is 0.229 e. The molecule has 1 aliphatic carbocycles. The highest BCUT2D eigenvalue weighted by molar-refractivity contribution is 5.93. The Morgan fingerprint density at radius 1 is 1.39 bits per heavy atom. The summed E-state index contributed by atoms with van der Waals surface area (Å²) in [5.41, 5.74) is 7.92. The zero-order valence-electron chi connectivity index (χ0n) is 10.9. The van der Waals surface area contributed by atoms with Gasteiger partial charge < -0.3 is 11.1 Å². The molecule has 3 N–H and O–H groups in total. The minimum Gasteiger partial charge on any atom is -0.327 e. The molecule has 0 spiro atoms. The Morgan fingerprint density at radius 2 is 2.17 bits per heavy atom. The number of carbonyl (C=O) groups is 1. The Kier molecular flexibility index (Phi) is 4.31. The van der Waals surface area contributed by atoms with Crippen LogP contribution < -0.4 is 11.1 Å². The molecule has 1 amide bonds.